The highest BCUT2D eigenvalue weighted by atomic mass is 16.2. The summed E-state index contributed by atoms with van der Waals surface area (Å²) >= 11 is 0. The van der Waals surface area contributed by atoms with Crippen LogP contribution in [-0.4, -0.2) is 10.6 Å². The first-order valence-corrected chi connectivity index (χ1v) is 1.71. The molecule has 0 rings (SSSR count). The third kappa shape index (κ3) is 9.72. The fraction of sp³-hybridized carbons (Fsp3) is 0.500. The van der Waals surface area contributed by atoms with Gasteiger partial charge in [0, 0.05) is 0 Å². The summed E-state index contributed by atoms with van der Waals surface area (Å²) in [4.78, 5) is 0. The number of aliphatic hydroxyl groups is 1. The molecule has 2 nitrogen and oxygen atoms in total. The zero-order chi connectivity index (χ0) is 4.12. The second-order valence-electron chi connectivity index (χ2n) is 0.793. The highest BCUT2D eigenvalue weighted by molar-refractivity contribution is 4.66. The summed E-state index contributed by atoms with van der Waals surface area (Å²) in [6.07, 6.45) is 3.65. The van der Waals surface area contributed by atoms with Crippen LogP contribution in [0.4, 0.5) is 0 Å². The molecule has 0 aromatic heterocycles. The molecule has 0 radical (unpaired) electrons. The molecular weight excluding hydrogens is 80.0 g/mol. The zero-order valence-corrected chi connectivity index (χ0v) is 3.81. The van der Waals surface area contributed by atoms with E-state index in [2.05, 4.69) is 0 Å². The van der Waals surface area contributed by atoms with E-state index in [4.69, 9.17) is 5.11 Å². The summed E-state index contributed by atoms with van der Waals surface area (Å²) in [6, 6.07) is 0. The van der Waals surface area contributed by atoms with Crippen LogP contribution in [0.2, 0.25) is 0 Å². The van der Waals surface area contributed by atoms with Gasteiger partial charge in [-0.05, 0) is 6.42 Å². The van der Waals surface area contributed by atoms with E-state index in [1.165, 1.54) is 0 Å². The van der Waals surface area contributed by atoms with Crippen LogP contribution in [0.25, 0.3) is 0 Å². The van der Waals surface area contributed by atoms with Crippen LogP contribution in [-0.2, 0) is 0 Å². The predicted molar refractivity (Wildman–Crippen MR) is 25.7 cm³/mol. The first-order valence-electron chi connectivity index (χ1n) is 1.71. The van der Waals surface area contributed by atoms with E-state index in [9.17, 15) is 0 Å². The average Bonchev–Trinajstić information content (AvgIpc) is 1.41. The van der Waals surface area contributed by atoms with Crippen molar-refractivity contribution in [3.05, 3.63) is 12.3 Å². The molecule has 0 spiro atoms. The summed E-state index contributed by atoms with van der Waals surface area (Å²) in [5, 5.41) is 7.89. The van der Waals surface area contributed by atoms with Crippen molar-refractivity contribution < 1.29 is 10.6 Å². The summed E-state index contributed by atoms with van der Waals surface area (Å²) in [5.41, 5.74) is 0. The van der Waals surface area contributed by atoms with E-state index in [0.29, 0.717) is 0 Å². The highest BCUT2D eigenvalue weighted by Crippen LogP contribution is 1.71. The van der Waals surface area contributed by atoms with Gasteiger partial charge in [0.2, 0.25) is 0 Å². The Labute approximate surface area is 37.4 Å². The second-order valence-corrected chi connectivity index (χ2v) is 0.793. The normalized spacial score (nSPS) is 8.17. The number of aliphatic hydroxyl groups excluding tert-OH is 1. The van der Waals surface area contributed by atoms with Gasteiger partial charge in [-0.1, -0.05) is 13.0 Å². The maximum Gasteiger partial charge on any atom is 0.0751 e. The minimum atomic E-state index is 0. The van der Waals surface area contributed by atoms with E-state index in [1.54, 1.807) is 6.08 Å². The van der Waals surface area contributed by atoms with Gasteiger partial charge >= 0.3 is 0 Å². The van der Waals surface area contributed by atoms with Gasteiger partial charge in [-0.3, -0.25) is 0 Å². The second kappa shape index (κ2) is 8.82. The lowest BCUT2D eigenvalue weighted by Crippen LogP contribution is -1.48. The molecule has 0 aromatic rings. The van der Waals surface area contributed by atoms with Crippen LogP contribution >= 0.6 is 0 Å². The minimum absolute atomic E-state index is 0. The van der Waals surface area contributed by atoms with E-state index in [0.717, 1.165) is 12.7 Å². The van der Waals surface area contributed by atoms with Crippen LogP contribution in [0.15, 0.2) is 12.3 Å². The topological polar surface area (TPSA) is 51.7 Å². The molecule has 0 heterocycles. The number of hydrogen-bond acceptors (Lipinski definition) is 1. The molecule has 0 aliphatic heterocycles. The molecule has 3 N–H and O–H groups in total. The summed E-state index contributed by atoms with van der Waals surface area (Å²) in [5.74, 6) is 0. The molecule has 0 unspecified atom stereocenters. The Morgan fingerprint density at radius 3 is 2.17 bits per heavy atom. The van der Waals surface area contributed by atoms with Crippen LogP contribution in [0.3, 0.4) is 0 Å². The molecule has 6 heavy (non-hydrogen) atoms. The van der Waals surface area contributed by atoms with E-state index >= 15 is 0 Å². The number of allylic oxidation sites excluding steroid dienone is 1. The van der Waals surface area contributed by atoms with Gasteiger partial charge in [-0.25, -0.2) is 0 Å². The van der Waals surface area contributed by atoms with Crippen molar-refractivity contribution >= 4 is 0 Å². The van der Waals surface area contributed by atoms with Crippen LogP contribution < -0.4 is 0 Å². The molecule has 0 amide bonds. The molecule has 0 aromatic carbocycles. The van der Waals surface area contributed by atoms with Gasteiger partial charge in [0.1, 0.15) is 0 Å². The fourth-order valence-corrected chi connectivity index (χ4v) is 0.105. The predicted octanol–water partition coefficient (Wildman–Crippen LogP) is 0.643. The highest BCUT2D eigenvalue weighted by Gasteiger charge is 1.53. The van der Waals surface area contributed by atoms with Crippen molar-refractivity contribution in [1.29, 1.82) is 0 Å². The van der Waals surface area contributed by atoms with Gasteiger partial charge in [-0.2, -0.15) is 0 Å². The van der Waals surface area contributed by atoms with Crippen molar-refractivity contribution in [2.75, 3.05) is 0 Å². The minimum Gasteiger partial charge on any atom is -0.516 e. The first kappa shape index (κ1) is 9.09. The van der Waals surface area contributed by atoms with Gasteiger partial charge in [0.15, 0.2) is 0 Å². The standard InChI is InChI=1S/C4H8O.H2O/c1-2-3-4-5;/h3-5H,2H2,1H3;1H2. The lowest BCUT2D eigenvalue weighted by molar-refractivity contribution is 0.471. The molecule has 38 valence electrons. The van der Waals surface area contributed by atoms with Crippen molar-refractivity contribution in [2.45, 2.75) is 13.3 Å². The van der Waals surface area contributed by atoms with Gasteiger partial charge in [0.05, 0.1) is 6.26 Å². The lowest BCUT2D eigenvalue weighted by atomic mass is 10.5. The van der Waals surface area contributed by atoms with Crippen LogP contribution in [0.1, 0.15) is 13.3 Å². The smallest absolute Gasteiger partial charge is 0.0751 e. The maximum atomic E-state index is 7.89. The maximum absolute atomic E-state index is 7.89. The third-order valence-electron chi connectivity index (χ3n) is 0.341. The van der Waals surface area contributed by atoms with Crippen molar-refractivity contribution in [3.63, 3.8) is 0 Å². The number of rotatable bonds is 1. The Morgan fingerprint density at radius 2 is 2.17 bits per heavy atom. The Kier molecular flexibility index (Phi) is 13.4. The van der Waals surface area contributed by atoms with Crippen molar-refractivity contribution in [3.8, 4) is 0 Å². The summed E-state index contributed by atoms with van der Waals surface area (Å²) in [7, 11) is 0. The largest absolute Gasteiger partial charge is 0.516 e. The molecule has 0 aliphatic rings. The molecule has 0 bridgehead atoms. The molecule has 2 heteroatoms. The monoisotopic (exact) mass is 90.1 g/mol. The molecule has 0 fully saturated rings. The van der Waals surface area contributed by atoms with Gasteiger partial charge in [0.25, 0.3) is 0 Å². The van der Waals surface area contributed by atoms with Crippen LogP contribution in [0, 0.1) is 0 Å². The lowest BCUT2D eigenvalue weighted by Gasteiger charge is -1.65. The van der Waals surface area contributed by atoms with E-state index in [1.807, 2.05) is 6.92 Å². The summed E-state index contributed by atoms with van der Waals surface area (Å²) < 4.78 is 0. The van der Waals surface area contributed by atoms with Gasteiger partial charge < -0.3 is 10.6 Å². The van der Waals surface area contributed by atoms with Crippen LogP contribution in [0.5, 0.6) is 0 Å². The molecule has 0 saturated carbocycles. The quantitative estimate of drug-likeness (QED) is 0.472. The molecule has 0 aliphatic carbocycles. The van der Waals surface area contributed by atoms with Crippen molar-refractivity contribution in [1.82, 2.24) is 0 Å². The zero-order valence-electron chi connectivity index (χ0n) is 3.81. The summed E-state index contributed by atoms with van der Waals surface area (Å²) in [6.45, 7) is 1.96. The SMILES string of the molecule is CCC=CO.O. The van der Waals surface area contributed by atoms with Gasteiger partial charge in [-0.15, -0.1) is 0 Å². The Balaban J connectivity index is 0. The number of hydrogen-bond donors (Lipinski definition) is 1. The average molecular weight is 90.1 g/mol. The molecule has 0 atom stereocenters. The molecule has 0 saturated heterocycles. The molecular formula is C4H10O2. The first-order chi connectivity index (χ1) is 2.41. The Bertz CT molecular complexity index is 32.5. The Hall–Kier alpha value is -0.500. The Morgan fingerprint density at radius 1 is 1.67 bits per heavy atom. The fourth-order valence-electron chi connectivity index (χ4n) is 0.105. The third-order valence-corrected chi connectivity index (χ3v) is 0.341. The van der Waals surface area contributed by atoms with E-state index < -0.39 is 0 Å². The van der Waals surface area contributed by atoms with Crippen molar-refractivity contribution in [2.24, 2.45) is 0 Å². The van der Waals surface area contributed by atoms with E-state index in [-0.39, 0.29) is 5.48 Å².